The van der Waals surface area contributed by atoms with Crippen LogP contribution in [0.1, 0.15) is 31.6 Å². The molecule has 0 unspecified atom stereocenters. The van der Waals surface area contributed by atoms with Crippen molar-refractivity contribution in [3.63, 3.8) is 0 Å². The van der Waals surface area contributed by atoms with Gasteiger partial charge in [0.15, 0.2) is 0 Å². The highest BCUT2D eigenvalue weighted by Crippen LogP contribution is 2.45. The van der Waals surface area contributed by atoms with Gasteiger partial charge in [0.2, 0.25) is 5.91 Å². The number of rotatable bonds is 5. The quantitative estimate of drug-likeness (QED) is 0.803. The van der Waals surface area contributed by atoms with Crippen molar-refractivity contribution in [3.05, 3.63) is 64.7 Å². The summed E-state index contributed by atoms with van der Waals surface area (Å²) in [7, 11) is 1.65. The maximum Gasteiger partial charge on any atom is 0.254 e. The van der Waals surface area contributed by atoms with Crippen LogP contribution in [-0.4, -0.2) is 41.8 Å². The van der Waals surface area contributed by atoms with E-state index in [1.165, 1.54) is 22.0 Å². The standard InChI is InChI=1S/C21H24N2O2S2/c1-14-4-5-15(2)18(12-14)22-19(24)13-23(3)20(25)16-6-8-17(9-7-16)21-26-10-11-27-21/h4-9,12,21H,10-11,13H2,1-3H3,(H,22,24). The summed E-state index contributed by atoms with van der Waals surface area (Å²) in [6, 6.07) is 13.7. The predicted octanol–water partition coefficient (Wildman–Crippen LogP) is 4.49. The summed E-state index contributed by atoms with van der Waals surface area (Å²) in [5, 5.41) is 2.90. The van der Waals surface area contributed by atoms with Gasteiger partial charge in [-0.3, -0.25) is 9.59 Å². The van der Waals surface area contributed by atoms with E-state index in [1.54, 1.807) is 7.05 Å². The van der Waals surface area contributed by atoms with Gasteiger partial charge in [-0.2, -0.15) is 0 Å². The minimum absolute atomic E-state index is 0.0162. The first kappa shape index (κ1) is 19.8. The zero-order valence-corrected chi connectivity index (χ0v) is 17.5. The van der Waals surface area contributed by atoms with E-state index in [0.29, 0.717) is 10.1 Å². The molecular formula is C21H24N2O2S2. The van der Waals surface area contributed by atoms with Crippen LogP contribution in [0, 0.1) is 13.8 Å². The van der Waals surface area contributed by atoms with Crippen molar-refractivity contribution in [2.45, 2.75) is 18.4 Å². The number of nitrogens with one attached hydrogen (secondary N) is 1. The SMILES string of the molecule is Cc1ccc(C)c(NC(=O)CN(C)C(=O)c2ccc(C3SCCS3)cc2)c1. The molecule has 1 saturated heterocycles. The molecule has 3 rings (SSSR count). The van der Waals surface area contributed by atoms with E-state index in [9.17, 15) is 9.59 Å². The van der Waals surface area contributed by atoms with Gasteiger partial charge in [0.25, 0.3) is 5.91 Å². The lowest BCUT2D eigenvalue weighted by atomic mass is 10.1. The molecule has 0 atom stereocenters. The van der Waals surface area contributed by atoms with Gasteiger partial charge in [-0.1, -0.05) is 24.3 Å². The zero-order chi connectivity index (χ0) is 19.4. The van der Waals surface area contributed by atoms with E-state index in [2.05, 4.69) is 5.32 Å². The summed E-state index contributed by atoms with van der Waals surface area (Å²) < 4.78 is 0.468. The lowest BCUT2D eigenvalue weighted by Gasteiger charge is -2.18. The molecule has 1 N–H and O–H groups in total. The molecule has 2 aromatic rings. The van der Waals surface area contributed by atoms with Gasteiger partial charge >= 0.3 is 0 Å². The molecule has 142 valence electrons. The second kappa shape index (κ2) is 8.85. The Balaban J connectivity index is 1.59. The second-order valence-corrected chi connectivity index (χ2v) is 9.45. The Hall–Kier alpha value is -1.92. The van der Waals surface area contributed by atoms with Gasteiger partial charge in [-0.25, -0.2) is 0 Å². The molecular weight excluding hydrogens is 376 g/mol. The first-order valence-electron chi connectivity index (χ1n) is 8.90. The van der Waals surface area contributed by atoms with Crippen LogP contribution in [0.2, 0.25) is 0 Å². The number of nitrogens with zero attached hydrogens (tertiary/aromatic N) is 1. The summed E-state index contributed by atoms with van der Waals surface area (Å²) in [5.74, 6) is 2.00. The van der Waals surface area contributed by atoms with E-state index in [1.807, 2.05) is 79.8 Å². The van der Waals surface area contributed by atoms with Crippen molar-refractivity contribution >= 4 is 41.0 Å². The van der Waals surface area contributed by atoms with E-state index in [4.69, 9.17) is 0 Å². The van der Waals surface area contributed by atoms with Crippen LogP contribution in [0.25, 0.3) is 0 Å². The Morgan fingerprint density at radius 2 is 1.74 bits per heavy atom. The molecule has 1 aliphatic heterocycles. The molecule has 0 aliphatic carbocycles. The fourth-order valence-electron chi connectivity index (χ4n) is 2.90. The van der Waals surface area contributed by atoms with Crippen LogP contribution in [0.4, 0.5) is 5.69 Å². The summed E-state index contributed by atoms with van der Waals surface area (Å²) in [4.78, 5) is 26.4. The normalized spacial score (nSPS) is 14.2. The molecule has 0 aromatic heterocycles. The van der Waals surface area contributed by atoms with Crippen molar-refractivity contribution in [3.8, 4) is 0 Å². The van der Waals surface area contributed by atoms with E-state index >= 15 is 0 Å². The van der Waals surface area contributed by atoms with Crippen molar-refractivity contribution < 1.29 is 9.59 Å². The Morgan fingerprint density at radius 3 is 2.41 bits per heavy atom. The maximum absolute atomic E-state index is 12.6. The van der Waals surface area contributed by atoms with Crippen LogP contribution in [0.3, 0.4) is 0 Å². The Bertz CT molecular complexity index is 831. The van der Waals surface area contributed by atoms with Crippen LogP contribution in [-0.2, 0) is 4.79 Å². The van der Waals surface area contributed by atoms with Crippen molar-refractivity contribution in [1.82, 2.24) is 4.90 Å². The van der Waals surface area contributed by atoms with Crippen LogP contribution in [0.15, 0.2) is 42.5 Å². The fourth-order valence-corrected chi connectivity index (χ4v) is 5.76. The topological polar surface area (TPSA) is 49.4 Å². The summed E-state index contributed by atoms with van der Waals surface area (Å²) in [5.41, 5.74) is 4.72. The summed E-state index contributed by atoms with van der Waals surface area (Å²) in [6.45, 7) is 3.95. The average molecular weight is 401 g/mol. The van der Waals surface area contributed by atoms with Gasteiger partial charge in [0.1, 0.15) is 0 Å². The average Bonchev–Trinajstić information content (AvgIpc) is 3.19. The van der Waals surface area contributed by atoms with Crippen LogP contribution >= 0.6 is 23.5 Å². The highest BCUT2D eigenvalue weighted by atomic mass is 32.2. The van der Waals surface area contributed by atoms with Gasteiger partial charge in [-0.15, -0.1) is 23.5 Å². The molecule has 0 radical (unpaired) electrons. The molecule has 0 saturated carbocycles. The van der Waals surface area contributed by atoms with Crippen molar-refractivity contribution in [1.29, 1.82) is 0 Å². The van der Waals surface area contributed by atoms with E-state index in [-0.39, 0.29) is 18.4 Å². The van der Waals surface area contributed by atoms with Crippen LogP contribution < -0.4 is 5.32 Å². The number of benzene rings is 2. The highest BCUT2D eigenvalue weighted by molar-refractivity contribution is 8.19. The lowest BCUT2D eigenvalue weighted by molar-refractivity contribution is -0.116. The number of anilines is 1. The van der Waals surface area contributed by atoms with E-state index in [0.717, 1.165) is 16.8 Å². The Kier molecular flexibility index (Phi) is 6.50. The minimum Gasteiger partial charge on any atom is -0.332 e. The number of hydrogen-bond donors (Lipinski definition) is 1. The maximum atomic E-state index is 12.6. The molecule has 1 fully saturated rings. The number of carbonyl (C=O) groups excluding carboxylic acids is 2. The Labute approximate surface area is 169 Å². The highest BCUT2D eigenvalue weighted by Gasteiger charge is 2.20. The smallest absolute Gasteiger partial charge is 0.254 e. The third-order valence-electron chi connectivity index (χ3n) is 4.45. The molecule has 0 bridgehead atoms. The van der Waals surface area contributed by atoms with E-state index < -0.39 is 0 Å². The number of carbonyl (C=O) groups is 2. The fraction of sp³-hybridized carbons (Fsp3) is 0.333. The summed E-state index contributed by atoms with van der Waals surface area (Å²) in [6.07, 6.45) is 0. The third kappa shape index (κ3) is 5.08. The Morgan fingerprint density at radius 1 is 1.07 bits per heavy atom. The summed E-state index contributed by atoms with van der Waals surface area (Å²) >= 11 is 3.88. The number of amides is 2. The third-order valence-corrected chi connectivity index (χ3v) is 7.55. The molecule has 1 heterocycles. The molecule has 2 amide bonds. The van der Waals surface area contributed by atoms with Crippen LogP contribution in [0.5, 0.6) is 0 Å². The molecule has 0 spiro atoms. The van der Waals surface area contributed by atoms with Crippen molar-refractivity contribution in [2.75, 3.05) is 30.4 Å². The molecule has 1 aliphatic rings. The number of aryl methyl sites for hydroxylation is 2. The zero-order valence-electron chi connectivity index (χ0n) is 15.8. The van der Waals surface area contributed by atoms with Gasteiger partial charge in [-0.05, 0) is 48.7 Å². The first-order valence-corrected chi connectivity index (χ1v) is 11.0. The monoisotopic (exact) mass is 400 g/mol. The van der Waals surface area contributed by atoms with Gasteiger partial charge < -0.3 is 10.2 Å². The van der Waals surface area contributed by atoms with Gasteiger partial charge in [0.05, 0.1) is 11.1 Å². The van der Waals surface area contributed by atoms with Crippen molar-refractivity contribution in [2.24, 2.45) is 0 Å². The largest absolute Gasteiger partial charge is 0.332 e. The first-order chi connectivity index (χ1) is 12.9. The van der Waals surface area contributed by atoms with Gasteiger partial charge in [0, 0.05) is 29.8 Å². The number of hydrogen-bond acceptors (Lipinski definition) is 4. The number of thioether (sulfide) groups is 2. The molecule has 6 heteroatoms. The predicted molar refractivity (Wildman–Crippen MR) is 116 cm³/mol. The molecule has 2 aromatic carbocycles. The minimum atomic E-state index is -0.199. The molecule has 27 heavy (non-hydrogen) atoms. The molecule has 4 nitrogen and oxygen atoms in total. The lowest BCUT2D eigenvalue weighted by Crippen LogP contribution is -2.35. The second-order valence-electron chi connectivity index (χ2n) is 6.72. The number of likely N-dealkylation sites (N-methyl/N-ethyl adjacent to an activating group) is 1.